The number of benzene rings is 1. The Morgan fingerprint density at radius 2 is 2.10 bits per heavy atom. The molecule has 1 aromatic carbocycles. The summed E-state index contributed by atoms with van der Waals surface area (Å²) in [5, 5.41) is 2.69. The molecule has 2 amide bonds. The molecule has 1 aliphatic heterocycles. The highest BCUT2D eigenvalue weighted by atomic mass is 16.2. The second-order valence-electron chi connectivity index (χ2n) is 5.80. The smallest absolute Gasteiger partial charge is 0.245 e. The predicted octanol–water partition coefficient (Wildman–Crippen LogP) is 1.45. The van der Waals surface area contributed by atoms with Crippen molar-refractivity contribution in [3.63, 3.8) is 0 Å². The van der Waals surface area contributed by atoms with Gasteiger partial charge in [0.25, 0.3) is 0 Å². The molecule has 2 atom stereocenters. The average molecular weight is 272 g/mol. The number of nitrogens with zero attached hydrogens (tertiary/aromatic N) is 1. The molecule has 1 aliphatic carbocycles. The van der Waals surface area contributed by atoms with Gasteiger partial charge >= 0.3 is 0 Å². The molecule has 2 aliphatic rings. The van der Waals surface area contributed by atoms with Crippen molar-refractivity contribution in [2.75, 3.05) is 13.1 Å². The predicted molar refractivity (Wildman–Crippen MR) is 76.3 cm³/mol. The van der Waals surface area contributed by atoms with Crippen molar-refractivity contribution in [3.05, 3.63) is 35.4 Å². The third-order valence-corrected chi connectivity index (χ3v) is 4.33. The fourth-order valence-electron chi connectivity index (χ4n) is 3.34. The molecular formula is C16H20N2O2. The van der Waals surface area contributed by atoms with E-state index < -0.39 is 6.04 Å². The van der Waals surface area contributed by atoms with Crippen molar-refractivity contribution < 1.29 is 9.59 Å². The van der Waals surface area contributed by atoms with E-state index in [1.165, 1.54) is 11.1 Å². The number of aryl methyl sites for hydroxylation is 1. The van der Waals surface area contributed by atoms with Crippen LogP contribution in [0.15, 0.2) is 24.3 Å². The van der Waals surface area contributed by atoms with Gasteiger partial charge in [0, 0.05) is 12.5 Å². The molecule has 0 aromatic heterocycles. The highest BCUT2D eigenvalue weighted by Crippen LogP contribution is 2.32. The molecule has 0 bridgehead atoms. The van der Waals surface area contributed by atoms with Crippen molar-refractivity contribution in [1.82, 2.24) is 10.2 Å². The van der Waals surface area contributed by atoms with Crippen LogP contribution in [0.25, 0.3) is 0 Å². The number of carbonyl (C=O) groups excluding carboxylic acids is 2. The summed E-state index contributed by atoms with van der Waals surface area (Å²) in [6.45, 7) is 2.61. The van der Waals surface area contributed by atoms with E-state index in [1.807, 2.05) is 0 Å². The van der Waals surface area contributed by atoms with Gasteiger partial charge in [-0.3, -0.25) is 9.59 Å². The first kappa shape index (κ1) is 13.2. The topological polar surface area (TPSA) is 49.4 Å². The standard InChI is InChI=1S/C16H20N2O2/c1-11-16(20)18(10-15(19)17-11)9-13-7-4-6-12-5-2-3-8-14(12)13/h2-3,5,8,11,13H,4,6-7,9-10H2,1H3,(H,17,19). The van der Waals surface area contributed by atoms with Crippen LogP contribution in [0.3, 0.4) is 0 Å². The van der Waals surface area contributed by atoms with Crippen molar-refractivity contribution in [2.24, 2.45) is 0 Å². The zero-order valence-corrected chi connectivity index (χ0v) is 11.8. The molecule has 0 spiro atoms. The fraction of sp³-hybridized carbons (Fsp3) is 0.500. The normalized spacial score (nSPS) is 26.1. The lowest BCUT2D eigenvalue weighted by atomic mass is 9.82. The van der Waals surface area contributed by atoms with Gasteiger partial charge in [-0.1, -0.05) is 24.3 Å². The lowest BCUT2D eigenvalue weighted by molar-refractivity contribution is -0.144. The van der Waals surface area contributed by atoms with E-state index >= 15 is 0 Å². The van der Waals surface area contributed by atoms with Gasteiger partial charge in [-0.25, -0.2) is 0 Å². The summed E-state index contributed by atoms with van der Waals surface area (Å²) in [6.07, 6.45) is 3.37. The molecule has 1 N–H and O–H groups in total. The molecule has 1 saturated heterocycles. The van der Waals surface area contributed by atoms with E-state index in [0.717, 1.165) is 19.3 Å². The number of hydrogen-bond acceptors (Lipinski definition) is 2. The number of nitrogens with one attached hydrogen (secondary N) is 1. The second kappa shape index (κ2) is 5.27. The van der Waals surface area contributed by atoms with Gasteiger partial charge in [-0.2, -0.15) is 0 Å². The molecule has 20 heavy (non-hydrogen) atoms. The summed E-state index contributed by atoms with van der Waals surface area (Å²) in [6, 6.07) is 8.08. The number of rotatable bonds is 2. The maximum absolute atomic E-state index is 12.2. The van der Waals surface area contributed by atoms with Gasteiger partial charge in [0.15, 0.2) is 0 Å². The summed E-state index contributed by atoms with van der Waals surface area (Å²) < 4.78 is 0. The van der Waals surface area contributed by atoms with Gasteiger partial charge in [-0.15, -0.1) is 0 Å². The van der Waals surface area contributed by atoms with Gasteiger partial charge in [0.1, 0.15) is 6.04 Å². The van der Waals surface area contributed by atoms with Gasteiger partial charge in [0.2, 0.25) is 11.8 Å². The number of fused-ring (bicyclic) bond motifs is 1. The Hall–Kier alpha value is -1.84. The first-order valence-corrected chi connectivity index (χ1v) is 7.31. The van der Waals surface area contributed by atoms with E-state index in [1.54, 1.807) is 11.8 Å². The van der Waals surface area contributed by atoms with Gasteiger partial charge in [0.05, 0.1) is 6.54 Å². The van der Waals surface area contributed by atoms with Crippen LogP contribution in [-0.2, 0) is 16.0 Å². The van der Waals surface area contributed by atoms with E-state index in [9.17, 15) is 9.59 Å². The van der Waals surface area contributed by atoms with Crippen LogP contribution in [0.2, 0.25) is 0 Å². The van der Waals surface area contributed by atoms with Crippen LogP contribution in [0.1, 0.15) is 36.8 Å². The summed E-state index contributed by atoms with van der Waals surface area (Å²) in [5.74, 6) is 0.343. The maximum atomic E-state index is 12.2. The number of piperazine rings is 1. The number of carbonyl (C=O) groups is 2. The number of amides is 2. The average Bonchev–Trinajstić information content (AvgIpc) is 2.44. The Bertz CT molecular complexity index is 541. The van der Waals surface area contributed by atoms with E-state index in [-0.39, 0.29) is 18.4 Å². The zero-order valence-electron chi connectivity index (χ0n) is 11.8. The largest absolute Gasteiger partial charge is 0.343 e. The van der Waals surface area contributed by atoms with Crippen molar-refractivity contribution in [3.8, 4) is 0 Å². The molecular weight excluding hydrogens is 252 g/mol. The van der Waals surface area contributed by atoms with Gasteiger partial charge in [-0.05, 0) is 37.3 Å². The monoisotopic (exact) mass is 272 g/mol. The molecule has 1 fully saturated rings. The number of hydrogen-bond donors (Lipinski definition) is 1. The van der Waals surface area contributed by atoms with Crippen molar-refractivity contribution >= 4 is 11.8 Å². The summed E-state index contributed by atoms with van der Waals surface area (Å²) >= 11 is 0. The molecule has 4 heteroatoms. The minimum absolute atomic E-state index is 0.0349. The fourth-order valence-corrected chi connectivity index (χ4v) is 3.34. The Morgan fingerprint density at radius 1 is 1.30 bits per heavy atom. The van der Waals surface area contributed by atoms with Crippen LogP contribution in [0, 0.1) is 0 Å². The molecule has 3 rings (SSSR count). The third kappa shape index (κ3) is 2.42. The quantitative estimate of drug-likeness (QED) is 0.886. The molecule has 0 saturated carbocycles. The summed E-state index contributed by atoms with van der Waals surface area (Å²) in [5.41, 5.74) is 2.75. The highest BCUT2D eigenvalue weighted by Gasteiger charge is 2.32. The van der Waals surface area contributed by atoms with Crippen LogP contribution < -0.4 is 5.32 Å². The highest BCUT2D eigenvalue weighted by molar-refractivity contribution is 5.94. The second-order valence-corrected chi connectivity index (χ2v) is 5.80. The van der Waals surface area contributed by atoms with Crippen molar-refractivity contribution in [2.45, 2.75) is 38.1 Å². The lowest BCUT2D eigenvalue weighted by Crippen LogP contribution is -2.57. The molecule has 0 radical (unpaired) electrons. The molecule has 2 unspecified atom stereocenters. The van der Waals surface area contributed by atoms with Crippen LogP contribution in [0.5, 0.6) is 0 Å². The Morgan fingerprint density at radius 3 is 2.95 bits per heavy atom. The molecule has 1 heterocycles. The zero-order chi connectivity index (χ0) is 14.1. The van der Waals surface area contributed by atoms with E-state index in [4.69, 9.17) is 0 Å². The van der Waals surface area contributed by atoms with Crippen LogP contribution >= 0.6 is 0 Å². The Balaban J connectivity index is 1.78. The van der Waals surface area contributed by atoms with E-state index in [0.29, 0.717) is 12.5 Å². The molecule has 4 nitrogen and oxygen atoms in total. The first-order chi connectivity index (χ1) is 9.65. The molecule has 1 aromatic rings. The van der Waals surface area contributed by atoms with Crippen molar-refractivity contribution in [1.29, 1.82) is 0 Å². The molecule has 106 valence electrons. The Kier molecular flexibility index (Phi) is 3.47. The van der Waals surface area contributed by atoms with Crippen LogP contribution in [0.4, 0.5) is 0 Å². The summed E-state index contributed by atoms with van der Waals surface area (Å²) in [7, 11) is 0. The van der Waals surface area contributed by atoms with E-state index in [2.05, 4.69) is 29.6 Å². The summed E-state index contributed by atoms with van der Waals surface area (Å²) in [4.78, 5) is 25.5. The Labute approximate surface area is 119 Å². The van der Waals surface area contributed by atoms with Gasteiger partial charge < -0.3 is 10.2 Å². The minimum Gasteiger partial charge on any atom is -0.343 e. The minimum atomic E-state index is -0.393. The lowest BCUT2D eigenvalue weighted by Gasteiger charge is -2.35. The first-order valence-electron chi connectivity index (χ1n) is 7.31. The third-order valence-electron chi connectivity index (χ3n) is 4.33. The SMILES string of the molecule is CC1NC(=O)CN(CC2CCCc3ccccc32)C1=O. The maximum Gasteiger partial charge on any atom is 0.245 e. The van der Waals surface area contributed by atoms with Crippen LogP contribution in [-0.4, -0.2) is 35.8 Å².